The third kappa shape index (κ3) is 5.18. The summed E-state index contributed by atoms with van der Waals surface area (Å²) in [5, 5.41) is 12.0. The van der Waals surface area contributed by atoms with E-state index in [9.17, 15) is 28.3 Å². The van der Waals surface area contributed by atoms with E-state index in [2.05, 4.69) is 10.3 Å². The third-order valence-electron chi connectivity index (χ3n) is 6.37. The smallest absolute Gasteiger partial charge is 0.408 e. The van der Waals surface area contributed by atoms with E-state index in [0.717, 1.165) is 45.8 Å². The van der Waals surface area contributed by atoms with Gasteiger partial charge in [0.2, 0.25) is 5.43 Å². The molecule has 12 heteroatoms. The highest BCUT2D eigenvalue weighted by molar-refractivity contribution is 7.15. The van der Waals surface area contributed by atoms with E-state index in [1.54, 1.807) is 26.8 Å². The highest BCUT2D eigenvalue weighted by Crippen LogP contribution is 2.40. The summed E-state index contributed by atoms with van der Waals surface area (Å²) in [6.45, 7) is 5.27. The highest BCUT2D eigenvalue weighted by atomic mass is 32.1. The third-order valence-corrected chi connectivity index (χ3v) is 7.59. The molecule has 5 rings (SSSR count). The van der Waals surface area contributed by atoms with Crippen molar-refractivity contribution >= 4 is 34.4 Å². The van der Waals surface area contributed by atoms with E-state index in [-0.39, 0.29) is 28.5 Å². The Balaban J connectivity index is 1.65. The average Bonchev–Trinajstić information content (AvgIpc) is 3.28. The zero-order chi connectivity index (χ0) is 28.9. The number of pyridine rings is 2. The monoisotopic (exact) mass is 571 g/mol. The van der Waals surface area contributed by atoms with Gasteiger partial charge >= 0.3 is 12.1 Å². The van der Waals surface area contributed by atoms with Crippen LogP contribution in [-0.2, 0) is 11.2 Å². The fourth-order valence-corrected chi connectivity index (χ4v) is 5.94. The number of alkyl carbamates (subject to hydrolysis) is 1. The first-order valence-corrected chi connectivity index (χ1v) is 13.2. The molecule has 3 aromatic heterocycles. The minimum atomic E-state index is -1.60. The standard InChI is InChI=1S/C28H24F3N3O5S/c1-28(2,3)39-27(38)32-19-5-4-6-21-14(19)11-22(40-21)23-18(31)10-15-24(35)16(26(36)37)12-34(25(15)33-23)20-8-7-13(29)9-17(20)30/h7-12,19H,4-6H2,1-3H3,(H,32,38)(H,36,37). The van der Waals surface area contributed by atoms with Crippen molar-refractivity contribution < 1.29 is 32.6 Å². The first-order chi connectivity index (χ1) is 18.8. The second-order valence-corrected chi connectivity index (χ2v) is 11.5. The SMILES string of the molecule is CC(C)(C)OC(=O)NC1CCCc2sc(-c3nc4c(cc3F)c(=O)c(C(=O)O)cn4-c3ccc(F)cc3F)cc21. The van der Waals surface area contributed by atoms with Crippen LogP contribution < -0.4 is 10.7 Å². The Morgan fingerprint density at radius 3 is 2.58 bits per heavy atom. The quantitative estimate of drug-likeness (QED) is 0.305. The number of rotatable bonds is 4. The zero-order valence-corrected chi connectivity index (χ0v) is 22.5. The first-order valence-electron chi connectivity index (χ1n) is 12.4. The van der Waals surface area contributed by atoms with Gasteiger partial charge in [-0.2, -0.15) is 0 Å². The summed E-state index contributed by atoms with van der Waals surface area (Å²) in [7, 11) is 0. The molecule has 1 atom stereocenters. The number of benzene rings is 1. The number of nitrogens with zero attached hydrogens (tertiary/aromatic N) is 2. The number of carboxylic acid groups (broad SMARTS) is 1. The summed E-state index contributed by atoms with van der Waals surface area (Å²) in [5.74, 6) is -4.37. The van der Waals surface area contributed by atoms with Gasteiger partial charge in [0, 0.05) is 17.1 Å². The molecule has 1 aliphatic carbocycles. The van der Waals surface area contributed by atoms with Crippen molar-refractivity contribution in [1.82, 2.24) is 14.9 Å². The minimum Gasteiger partial charge on any atom is -0.477 e. The lowest BCUT2D eigenvalue weighted by molar-refractivity contribution is 0.0498. The molecule has 40 heavy (non-hydrogen) atoms. The molecule has 8 nitrogen and oxygen atoms in total. The maximum absolute atomic E-state index is 15.5. The number of carbonyl (C=O) groups is 2. The van der Waals surface area contributed by atoms with Crippen molar-refractivity contribution in [2.75, 3.05) is 0 Å². The van der Waals surface area contributed by atoms with Crippen LogP contribution >= 0.6 is 11.3 Å². The van der Waals surface area contributed by atoms with E-state index in [0.29, 0.717) is 23.8 Å². The fraction of sp³-hybridized carbons (Fsp3) is 0.286. The van der Waals surface area contributed by atoms with Crippen LogP contribution in [0.2, 0.25) is 0 Å². The van der Waals surface area contributed by atoms with Gasteiger partial charge in [0.1, 0.15) is 34.1 Å². The van der Waals surface area contributed by atoms with Crippen molar-refractivity contribution in [3.05, 3.63) is 80.2 Å². The molecule has 0 spiro atoms. The van der Waals surface area contributed by atoms with Crippen LogP contribution in [-0.4, -0.2) is 32.3 Å². The van der Waals surface area contributed by atoms with E-state index < -0.39 is 46.1 Å². The van der Waals surface area contributed by atoms with Crippen molar-refractivity contribution in [2.45, 2.75) is 51.7 Å². The summed E-state index contributed by atoms with van der Waals surface area (Å²) < 4.78 is 50.2. The summed E-state index contributed by atoms with van der Waals surface area (Å²) in [4.78, 5) is 42.7. The molecular formula is C28H24F3N3O5S. The Morgan fingerprint density at radius 1 is 1.15 bits per heavy atom. The largest absolute Gasteiger partial charge is 0.477 e. The van der Waals surface area contributed by atoms with Gasteiger partial charge in [0.05, 0.1) is 22.0 Å². The van der Waals surface area contributed by atoms with Gasteiger partial charge in [0.25, 0.3) is 0 Å². The molecule has 0 saturated heterocycles. The average molecular weight is 572 g/mol. The Labute approximate surface area is 230 Å². The van der Waals surface area contributed by atoms with E-state index >= 15 is 4.39 Å². The Bertz CT molecular complexity index is 1740. The molecule has 4 aromatic rings. The van der Waals surface area contributed by atoms with Crippen molar-refractivity contribution in [2.24, 2.45) is 0 Å². The van der Waals surface area contributed by atoms with Crippen LogP contribution in [0.25, 0.3) is 27.3 Å². The van der Waals surface area contributed by atoms with Gasteiger partial charge < -0.3 is 15.2 Å². The lowest BCUT2D eigenvalue weighted by Crippen LogP contribution is -2.35. The van der Waals surface area contributed by atoms with Crippen LogP contribution in [0.4, 0.5) is 18.0 Å². The molecule has 0 saturated carbocycles. The number of hydrogen-bond donors (Lipinski definition) is 2. The molecule has 0 fully saturated rings. The summed E-state index contributed by atoms with van der Waals surface area (Å²) in [6, 6.07) is 4.87. The number of ether oxygens (including phenoxy) is 1. The van der Waals surface area contributed by atoms with E-state index in [4.69, 9.17) is 4.74 Å². The number of thiophene rings is 1. The van der Waals surface area contributed by atoms with Gasteiger partial charge in [0.15, 0.2) is 5.82 Å². The van der Waals surface area contributed by atoms with E-state index in [1.165, 1.54) is 11.3 Å². The van der Waals surface area contributed by atoms with Crippen LogP contribution in [0.1, 0.15) is 60.5 Å². The zero-order valence-electron chi connectivity index (χ0n) is 21.7. The molecular weight excluding hydrogens is 547 g/mol. The lowest BCUT2D eigenvalue weighted by Gasteiger charge is -2.26. The number of aryl methyl sites for hydroxylation is 1. The lowest BCUT2D eigenvalue weighted by atomic mass is 9.93. The Hall–Kier alpha value is -4.19. The number of amides is 1. The molecule has 3 heterocycles. The summed E-state index contributed by atoms with van der Waals surface area (Å²) >= 11 is 1.27. The van der Waals surface area contributed by atoms with Crippen LogP contribution in [0.15, 0.2) is 41.3 Å². The molecule has 1 amide bonds. The van der Waals surface area contributed by atoms with Gasteiger partial charge in [-0.25, -0.2) is 27.7 Å². The van der Waals surface area contributed by atoms with Gasteiger partial charge in [-0.05, 0) is 69.9 Å². The van der Waals surface area contributed by atoms with Crippen LogP contribution in [0.3, 0.4) is 0 Å². The predicted octanol–water partition coefficient (Wildman–Crippen LogP) is 6.13. The van der Waals surface area contributed by atoms with Gasteiger partial charge in [-0.3, -0.25) is 9.36 Å². The molecule has 2 N–H and O–H groups in total. The number of fused-ring (bicyclic) bond motifs is 2. The fourth-order valence-electron chi connectivity index (χ4n) is 4.68. The minimum absolute atomic E-state index is 0.137. The Morgan fingerprint density at radius 2 is 1.90 bits per heavy atom. The molecule has 1 aromatic carbocycles. The maximum atomic E-state index is 15.5. The summed E-state index contributed by atoms with van der Waals surface area (Å²) in [5.41, 5.74) is -2.22. The van der Waals surface area contributed by atoms with Crippen LogP contribution in [0, 0.1) is 17.5 Å². The maximum Gasteiger partial charge on any atom is 0.408 e. The number of aromatic carboxylic acids is 1. The number of aromatic nitrogens is 2. The van der Waals surface area contributed by atoms with Gasteiger partial charge in [-0.15, -0.1) is 11.3 Å². The first kappa shape index (κ1) is 27.4. The molecule has 208 valence electrons. The van der Waals surface area contributed by atoms with Crippen molar-refractivity contribution in [3.63, 3.8) is 0 Å². The number of hydrogen-bond acceptors (Lipinski definition) is 6. The number of carboxylic acids is 1. The Kier molecular flexibility index (Phi) is 6.90. The number of nitrogens with one attached hydrogen (secondary N) is 1. The van der Waals surface area contributed by atoms with E-state index in [1.807, 2.05) is 0 Å². The second-order valence-electron chi connectivity index (χ2n) is 10.4. The number of carbonyl (C=O) groups excluding carboxylic acids is 1. The van der Waals surface area contributed by atoms with Gasteiger partial charge in [-0.1, -0.05) is 0 Å². The molecule has 0 bridgehead atoms. The van der Waals surface area contributed by atoms with Crippen LogP contribution in [0.5, 0.6) is 0 Å². The highest BCUT2D eigenvalue weighted by Gasteiger charge is 2.28. The topological polar surface area (TPSA) is 111 Å². The second kappa shape index (κ2) is 10.1. The molecule has 0 aliphatic heterocycles. The van der Waals surface area contributed by atoms with Crippen molar-refractivity contribution in [3.8, 4) is 16.3 Å². The normalized spacial score (nSPS) is 15.1. The molecule has 0 radical (unpaired) electrons. The van der Waals surface area contributed by atoms with Crippen molar-refractivity contribution in [1.29, 1.82) is 0 Å². The number of halogens is 3. The predicted molar refractivity (Wildman–Crippen MR) is 143 cm³/mol. The molecule has 1 unspecified atom stereocenters. The molecule has 1 aliphatic rings. The summed E-state index contributed by atoms with van der Waals surface area (Å²) in [6.07, 6.45) is 2.44.